The predicted molar refractivity (Wildman–Crippen MR) is 73.5 cm³/mol. The van der Waals surface area contributed by atoms with Gasteiger partial charge in [0.15, 0.2) is 0 Å². The molecule has 3 rings (SSSR count). The molecule has 1 heterocycles. The molecule has 0 radical (unpaired) electrons. The fourth-order valence-electron chi connectivity index (χ4n) is 3.34. The largest absolute Gasteiger partial charge is 0.375 e. The van der Waals surface area contributed by atoms with Crippen LogP contribution >= 0.6 is 0 Å². The molecule has 0 aromatic heterocycles. The van der Waals surface area contributed by atoms with Gasteiger partial charge in [0.25, 0.3) is 0 Å². The number of nitriles is 1. The molecule has 1 saturated carbocycles. The number of nitrogens with zero attached hydrogens (tertiary/aromatic N) is 2. The van der Waals surface area contributed by atoms with E-state index in [0.29, 0.717) is 29.8 Å². The van der Waals surface area contributed by atoms with Crippen LogP contribution in [0.15, 0.2) is 18.2 Å². The maximum atomic E-state index is 14.0. The van der Waals surface area contributed by atoms with Crippen LogP contribution in [0.4, 0.5) is 4.39 Å². The van der Waals surface area contributed by atoms with E-state index in [1.807, 2.05) is 6.07 Å². The van der Waals surface area contributed by atoms with Crippen molar-refractivity contribution in [1.29, 1.82) is 5.26 Å². The maximum absolute atomic E-state index is 14.0. The number of fused-ring (bicyclic) bond motifs is 1. The topological polar surface area (TPSA) is 36.3 Å². The molecular formula is C16H19FN2O. The van der Waals surface area contributed by atoms with E-state index >= 15 is 0 Å². The fraction of sp³-hybridized carbons (Fsp3) is 0.562. The Kier molecular flexibility index (Phi) is 4.00. The Hall–Kier alpha value is -1.44. The monoisotopic (exact) mass is 274 g/mol. The molecule has 1 aromatic carbocycles. The molecule has 1 saturated heterocycles. The van der Waals surface area contributed by atoms with Crippen LogP contribution in [0.2, 0.25) is 0 Å². The molecule has 2 atom stereocenters. The van der Waals surface area contributed by atoms with E-state index in [1.165, 1.54) is 18.9 Å². The Morgan fingerprint density at radius 2 is 2.20 bits per heavy atom. The lowest BCUT2D eigenvalue weighted by Gasteiger charge is -2.43. The molecular weight excluding hydrogens is 255 g/mol. The molecule has 3 nitrogen and oxygen atoms in total. The van der Waals surface area contributed by atoms with Gasteiger partial charge in [-0.3, -0.25) is 4.90 Å². The zero-order valence-electron chi connectivity index (χ0n) is 11.5. The molecule has 0 unspecified atom stereocenters. The molecule has 1 aliphatic carbocycles. The van der Waals surface area contributed by atoms with Gasteiger partial charge >= 0.3 is 0 Å². The van der Waals surface area contributed by atoms with Crippen LogP contribution in [0, 0.1) is 17.1 Å². The molecule has 2 aliphatic rings. The molecule has 0 bridgehead atoms. The van der Waals surface area contributed by atoms with Crippen molar-refractivity contribution in [3.8, 4) is 6.07 Å². The van der Waals surface area contributed by atoms with Gasteiger partial charge in [-0.1, -0.05) is 18.9 Å². The van der Waals surface area contributed by atoms with E-state index in [0.717, 1.165) is 26.0 Å². The van der Waals surface area contributed by atoms with E-state index in [1.54, 1.807) is 12.1 Å². The van der Waals surface area contributed by atoms with Crippen LogP contribution in [0.25, 0.3) is 0 Å². The zero-order chi connectivity index (χ0) is 13.9. The van der Waals surface area contributed by atoms with Gasteiger partial charge in [-0.2, -0.15) is 5.26 Å². The minimum Gasteiger partial charge on any atom is -0.375 e. The number of halogens is 1. The van der Waals surface area contributed by atoms with Gasteiger partial charge in [-0.05, 0) is 25.0 Å². The number of ether oxygens (including phenoxy) is 1. The van der Waals surface area contributed by atoms with Crippen molar-refractivity contribution in [3.05, 3.63) is 35.1 Å². The third-order valence-corrected chi connectivity index (χ3v) is 4.40. The second-order valence-corrected chi connectivity index (χ2v) is 5.65. The summed E-state index contributed by atoms with van der Waals surface area (Å²) in [5, 5.41) is 8.79. The third-order valence-electron chi connectivity index (χ3n) is 4.40. The first kappa shape index (κ1) is 13.5. The SMILES string of the molecule is N#Cc1ccc(CN2CCO[C@H]3CCCC[C@H]32)c(F)c1. The van der Waals surface area contributed by atoms with Crippen molar-refractivity contribution in [2.45, 2.75) is 44.4 Å². The maximum Gasteiger partial charge on any atom is 0.129 e. The Balaban J connectivity index is 1.74. The zero-order valence-corrected chi connectivity index (χ0v) is 11.5. The summed E-state index contributed by atoms with van der Waals surface area (Å²) in [6.07, 6.45) is 5.05. The second-order valence-electron chi connectivity index (χ2n) is 5.65. The van der Waals surface area contributed by atoms with Crippen LogP contribution in [-0.2, 0) is 11.3 Å². The van der Waals surface area contributed by atoms with Gasteiger partial charge in [-0.15, -0.1) is 0 Å². The van der Waals surface area contributed by atoms with E-state index in [9.17, 15) is 4.39 Å². The van der Waals surface area contributed by atoms with Gasteiger partial charge in [0.1, 0.15) is 5.82 Å². The second kappa shape index (κ2) is 5.90. The van der Waals surface area contributed by atoms with Crippen molar-refractivity contribution < 1.29 is 9.13 Å². The average molecular weight is 274 g/mol. The highest BCUT2D eigenvalue weighted by atomic mass is 19.1. The Morgan fingerprint density at radius 1 is 1.35 bits per heavy atom. The van der Waals surface area contributed by atoms with Crippen LogP contribution in [0.5, 0.6) is 0 Å². The fourth-order valence-corrected chi connectivity index (χ4v) is 3.34. The highest BCUT2D eigenvalue weighted by molar-refractivity contribution is 5.32. The number of morpholine rings is 1. The van der Waals surface area contributed by atoms with Crippen LogP contribution in [-0.4, -0.2) is 30.2 Å². The normalized spacial score (nSPS) is 26.8. The predicted octanol–water partition coefficient (Wildman–Crippen LogP) is 2.84. The lowest BCUT2D eigenvalue weighted by atomic mass is 9.90. The van der Waals surface area contributed by atoms with Crippen LogP contribution in [0.3, 0.4) is 0 Å². The Bertz CT molecular complexity index is 524. The Labute approximate surface area is 119 Å². The lowest BCUT2D eigenvalue weighted by molar-refractivity contribution is -0.0913. The molecule has 4 heteroatoms. The van der Waals surface area contributed by atoms with E-state index in [2.05, 4.69) is 4.90 Å². The van der Waals surface area contributed by atoms with E-state index < -0.39 is 0 Å². The van der Waals surface area contributed by atoms with E-state index in [-0.39, 0.29) is 5.82 Å². The lowest BCUT2D eigenvalue weighted by Crippen LogP contribution is -2.52. The smallest absolute Gasteiger partial charge is 0.129 e. The summed E-state index contributed by atoms with van der Waals surface area (Å²) in [7, 11) is 0. The van der Waals surface area contributed by atoms with Crippen molar-refractivity contribution in [2.75, 3.05) is 13.2 Å². The van der Waals surface area contributed by atoms with Crippen molar-refractivity contribution in [3.63, 3.8) is 0 Å². The molecule has 2 fully saturated rings. The number of rotatable bonds is 2. The summed E-state index contributed by atoms with van der Waals surface area (Å²) in [4.78, 5) is 2.35. The highest BCUT2D eigenvalue weighted by Crippen LogP contribution is 2.29. The molecule has 106 valence electrons. The number of benzene rings is 1. The first-order chi connectivity index (χ1) is 9.78. The molecule has 0 spiro atoms. The summed E-state index contributed by atoms with van der Waals surface area (Å²) < 4.78 is 19.8. The molecule has 20 heavy (non-hydrogen) atoms. The van der Waals surface area contributed by atoms with Gasteiger partial charge < -0.3 is 4.74 Å². The first-order valence-electron chi connectivity index (χ1n) is 7.32. The van der Waals surface area contributed by atoms with Gasteiger partial charge in [0, 0.05) is 24.7 Å². The van der Waals surface area contributed by atoms with Crippen molar-refractivity contribution in [2.24, 2.45) is 0 Å². The summed E-state index contributed by atoms with van der Waals surface area (Å²) in [5.74, 6) is -0.275. The summed E-state index contributed by atoms with van der Waals surface area (Å²) in [5.41, 5.74) is 1.05. The van der Waals surface area contributed by atoms with Crippen LogP contribution in [0.1, 0.15) is 36.8 Å². The summed E-state index contributed by atoms with van der Waals surface area (Å²) in [6.45, 7) is 2.21. The molecule has 0 amide bonds. The average Bonchev–Trinajstić information content (AvgIpc) is 2.49. The minimum atomic E-state index is -0.275. The Morgan fingerprint density at radius 3 is 3.00 bits per heavy atom. The minimum absolute atomic E-state index is 0.275. The van der Waals surface area contributed by atoms with E-state index in [4.69, 9.17) is 10.00 Å². The third kappa shape index (κ3) is 2.70. The number of hydrogen-bond acceptors (Lipinski definition) is 3. The highest BCUT2D eigenvalue weighted by Gasteiger charge is 2.34. The van der Waals surface area contributed by atoms with Crippen molar-refractivity contribution >= 4 is 0 Å². The summed E-state index contributed by atoms with van der Waals surface area (Å²) in [6, 6.07) is 7.15. The van der Waals surface area contributed by atoms with Gasteiger partial charge in [0.05, 0.1) is 24.3 Å². The van der Waals surface area contributed by atoms with Crippen molar-refractivity contribution in [1.82, 2.24) is 4.90 Å². The first-order valence-corrected chi connectivity index (χ1v) is 7.32. The molecule has 1 aliphatic heterocycles. The van der Waals surface area contributed by atoms with Gasteiger partial charge in [0.2, 0.25) is 0 Å². The summed E-state index contributed by atoms with van der Waals surface area (Å²) >= 11 is 0. The number of hydrogen-bond donors (Lipinski definition) is 0. The molecule has 0 N–H and O–H groups in total. The van der Waals surface area contributed by atoms with Crippen LogP contribution < -0.4 is 0 Å². The quantitative estimate of drug-likeness (QED) is 0.832. The molecule has 1 aromatic rings. The van der Waals surface area contributed by atoms with Gasteiger partial charge in [-0.25, -0.2) is 4.39 Å². The standard InChI is InChI=1S/C16H19FN2O/c17-14-9-12(10-18)5-6-13(14)11-19-7-8-20-16-4-2-1-3-15(16)19/h5-6,9,15-16H,1-4,7-8,11H2/t15-,16+/m1/s1.